The Labute approximate surface area is 188 Å². The van der Waals surface area contributed by atoms with Crippen LogP contribution in [0.15, 0.2) is 66.7 Å². The van der Waals surface area contributed by atoms with Gasteiger partial charge in [-0.15, -0.1) is 0 Å². The van der Waals surface area contributed by atoms with E-state index in [0.29, 0.717) is 22.2 Å². The maximum absolute atomic E-state index is 13.2. The topological polar surface area (TPSA) is 108 Å². The highest BCUT2D eigenvalue weighted by Crippen LogP contribution is 2.27. The maximum atomic E-state index is 13.2. The van der Waals surface area contributed by atoms with Crippen LogP contribution in [0.5, 0.6) is 0 Å². The number of rotatable bonds is 5. The molecule has 1 heterocycles. The van der Waals surface area contributed by atoms with Gasteiger partial charge in [-0.3, -0.25) is 15.4 Å². The first-order valence-electron chi connectivity index (χ1n) is 9.33. The van der Waals surface area contributed by atoms with Crippen LogP contribution < -0.4 is 10.6 Å². The van der Waals surface area contributed by atoms with E-state index >= 15 is 0 Å². The highest BCUT2D eigenvalue weighted by Gasteiger charge is 2.16. The van der Waals surface area contributed by atoms with Gasteiger partial charge in [0.2, 0.25) is 0 Å². The Morgan fingerprint density at radius 1 is 1.06 bits per heavy atom. The number of hydrogen-bond donors (Lipinski definition) is 3. The summed E-state index contributed by atoms with van der Waals surface area (Å²) in [4.78, 5) is 29.4. The average molecular weight is 470 g/mol. The molecule has 3 aromatic carbocycles. The molecule has 0 radical (unpaired) electrons. The third-order valence-electron chi connectivity index (χ3n) is 4.52. The van der Waals surface area contributed by atoms with Gasteiger partial charge in [0.05, 0.1) is 16.0 Å². The molecule has 0 saturated heterocycles. The van der Waals surface area contributed by atoms with E-state index in [1.54, 1.807) is 54.6 Å². The van der Waals surface area contributed by atoms with Gasteiger partial charge in [0, 0.05) is 5.56 Å². The molecule has 10 heteroatoms. The summed E-state index contributed by atoms with van der Waals surface area (Å²) in [6.07, 6.45) is 0. The molecule has 7 nitrogen and oxygen atoms in total. The van der Waals surface area contributed by atoms with Crippen molar-refractivity contribution in [2.45, 2.75) is 5.75 Å². The number of aromatic nitrogens is 1. The minimum Gasteiger partial charge on any atom is -0.306 e. The van der Waals surface area contributed by atoms with Crippen LogP contribution in [0.2, 0.25) is 0 Å². The maximum Gasteiger partial charge on any atom is 0.327 e. The molecule has 4 rings (SSSR count). The SMILES string of the molecule is O=C(NC(=O)c1ccccc1-c1ccc(F)cc1)Nc1nc2ccc(CS(=O)O)cc2s1. The molecule has 0 aliphatic rings. The smallest absolute Gasteiger partial charge is 0.306 e. The molecule has 3 amide bonds. The monoisotopic (exact) mass is 469 g/mol. The number of anilines is 1. The van der Waals surface area contributed by atoms with E-state index in [-0.39, 0.29) is 22.3 Å². The molecule has 0 fully saturated rings. The number of carbonyl (C=O) groups excluding carboxylic acids is 2. The van der Waals surface area contributed by atoms with Gasteiger partial charge in [-0.05, 0) is 47.0 Å². The second-order valence-electron chi connectivity index (χ2n) is 6.75. The van der Waals surface area contributed by atoms with Crippen LogP contribution in [0.3, 0.4) is 0 Å². The zero-order valence-electron chi connectivity index (χ0n) is 16.4. The lowest BCUT2D eigenvalue weighted by molar-refractivity contribution is 0.0967. The molecular weight excluding hydrogens is 453 g/mol. The van der Waals surface area contributed by atoms with E-state index in [4.69, 9.17) is 4.55 Å². The van der Waals surface area contributed by atoms with E-state index in [9.17, 15) is 18.2 Å². The Balaban J connectivity index is 1.48. The number of hydrogen-bond acceptors (Lipinski definition) is 5. The molecule has 1 atom stereocenters. The Morgan fingerprint density at radius 3 is 2.56 bits per heavy atom. The Morgan fingerprint density at radius 2 is 1.81 bits per heavy atom. The molecule has 162 valence electrons. The molecule has 1 unspecified atom stereocenters. The molecule has 0 spiro atoms. The zero-order valence-corrected chi connectivity index (χ0v) is 18.0. The molecular formula is C22H16FN3O4S2. The van der Waals surface area contributed by atoms with Crippen LogP contribution in [-0.2, 0) is 16.8 Å². The Kier molecular flexibility index (Phi) is 6.35. The number of nitrogens with zero attached hydrogens (tertiary/aromatic N) is 1. The highest BCUT2D eigenvalue weighted by atomic mass is 32.2. The first-order valence-corrected chi connectivity index (χ1v) is 11.4. The quantitative estimate of drug-likeness (QED) is 0.364. The Bertz CT molecular complexity index is 1340. The highest BCUT2D eigenvalue weighted by molar-refractivity contribution is 7.78. The van der Waals surface area contributed by atoms with Crippen molar-refractivity contribution in [3.8, 4) is 11.1 Å². The fourth-order valence-electron chi connectivity index (χ4n) is 3.12. The van der Waals surface area contributed by atoms with E-state index in [0.717, 1.165) is 4.70 Å². The molecule has 32 heavy (non-hydrogen) atoms. The molecule has 1 aromatic heterocycles. The summed E-state index contributed by atoms with van der Waals surface area (Å²) in [5.74, 6) is -1.00. The summed E-state index contributed by atoms with van der Waals surface area (Å²) in [6.45, 7) is 0. The van der Waals surface area contributed by atoms with Gasteiger partial charge in [0.15, 0.2) is 16.2 Å². The lowest BCUT2D eigenvalue weighted by Gasteiger charge is -2.10. The number of imide groups is 1. The van der Waals surface area contributed by atoms with Gasteiger partial charge in [-0.1, -0.05) is 47.7 Å². The van der Waals surface area contributed by atoms with Crippen LogP contribution in [0, 0.1) is 5.82 Å². The third kappa shape index (κ3) is 5.05. The number of halogens is 1. The second-order valence-corrected chi connectivity index (χ2v) is 8.71. The number of amides is 3. The van der Waals surface area contributed by atoms with Crippen LogP contribution in [0.1, 0.15) is 15.9 Å². The molecule has 0 bridgehead atoms. The number of benzene rings is 3. The van der Waals surface area contributed by atoms with Crippen molar-refractivity contribution in [2.75, 3.05) is 5.32 Å². The van der Waals surface area contributed by atoms with Crippen molar-refractivity contribution in [2.24, 2.45) is 0 Å². The summed E-state index contributed by atoms with van der Waals surface area (Å²) in [5.41, 5.74) is 2.76. The first-order chi connectivity index (χ1) is 15.4. The van der Waals surface area contributed by atoms with Gasteiger partial charge >= 0.3 is 6.03 Å². The summed E-state index contributed by atoms with van der Waals surface area (Å²) < 4.78 is 34.0. The minimum atomic E-state index is -1.96. The second kappa shape index (κ2) is 9.35. The van der Waals surface area contributed by atoms with Crippen molar-refractivity contribution in [3.63, 3.8) is 0 Å². The Hall–Kier alpha value is -3.47. The molecule has 0 saturated carbocycles. The predicted octanol–water partition coefficient (Wildman–Crippen LogP) is 4.79. The first kappa shape index (κ1) is 21.8. The molecule has 0 aliphatic heterocycles. The summed E-state index contributed by atoms with van der Waals surface area (Å²) in [6, 6.07) is 16.8. The van der Waals surface area contributed by atoms with E-state index in [1.165, 1.54) is 23.5 Å². The fraction of sp³-hybridized carbons (Fsp3) is 0.0455. The molecule has 3 N–H and O–H groups in total. The average Bonchev–Trinajstić information content (AvgIpc) is 3.15. The van der Waals surface area contributed by atoms with Crippen LogP contribution in [-0.4, -0.2) is 25.7 Å². The largest absolute Gasteiger partial charge is 0.327 e. The summed E-state index contributed by atoms with van der Waals surface area (Å²) >= 11 is -0.775. The minimum absolute atomic E-state index is 0.000938. The van der Waals surface area contributed by atoms with Gasteiger partial charge in [-0.2, -0.15) is 0 Å². The summed E-state index contributed by atoms with van der Waals surface area (Å²) in [7, 11) is 0. The van der Waals surface area contributed by atoms with E-state index in [2.05, 4.69) is 15.6 Å². The van der Waals surface area contributed by atoms with Crippen LogP contribution in [0.4, 0.5) is 14.3 Å². The number of fused-ring (bicyclic) bond motifs is 1. The van der Waals surface area contributed by atoms with Crippen molar-refractivity contribution >= 4 is 49.7 Å². The summed E-state index contributed by atoms with van der Waals surface area (Å²) in [5, 5.41) is 5.09. The third-order valence-corrected chi connectivity index (χ3v) is 6.03. The van der Waals surface area contributed by atoms with Crippen LogP contribution in [0.25, 0.3) is 21.3 Å². The predicted molar refractivity (Wildman–Crippen MR) is 122 cm³/mol. The number of urea groups is 1. The number of carbonyl (C=O) groups is 2. The standard InChI is InChI=1S/C22H16FN3O4S2/c23-15-8-6-14(7-9-15)16-3-1-2-4-17(16)20(27)25-21(28)26-22-24-18-10-5-13(12-32(29)30)11-19(18)31-22/h1-11H,12H2,(H,29,30)(H2,24,25,26,27,28). The number of nitrogens with one attached hydrogen (secondary N) is 2. The zero-order chi connectivity index (χ0) is 22.7. The van der Waals surface area contributed by atoms with Gasteiger partial charge in [0.25, 0.3) is 5.91 Å². The van der Waals surface area contributed by atoms with Crippen molar-refractivity contribution in [1.29, 1.82) is 0 Å². The van der Waals surface area contributed by atoms with E-state index < -0.39 is 23.0 Å². The number of thiazole rings is 1. The molecule has 4 aromatic rings. The normalized spacial score (nSPS) is 11.8. The van der Waals surface area contributed by atoms with Crippen molar-refractivity contribution < 1.29 is 22.7 Å². The van der Waals surface area contributed by atoms with Crippen molar-refractivity contribution in [3.05, 3.63) is 83.7 Å². The van der Waals surface area contributed by atoms with Gasteiger partial charge in [0.1, 0.15) is 5.82 Å². The fourth-order valence-corrected chi connectivity index (χ4v) is 4.51. The lowest BCUT2D eigenvalue weighted by atomic mass is 9.99. The van der Waals surface area contributed by atoms with Gasteiger partial charge < -0.3 is 4.55 Å². The lowest BCUT2D eigenvalue weighted by Crippen LogP contribution is -2.34. The van der Waals surface area contributed by atoms with Crippen LogP contribution >= 0.6 is 11.3 Å². The van der Waals surface area contributed by atoms with Crippen molar-refractivity contribution in [1.82, 2.24) is 10.3 Å². The van der Waals surface area contributed by atoms with Gasteiger partial charge in [-0.25, -0.2) is 18.4 Å². The molecule has 0 aliphatic carbocycles. The van der Waals surface area contributed by atoms with E-state index in [1.807, 2.05) is 0 Å².